The molecule has 2 rings (SSSR count). The third kappa shape index (κ3) is 3.73. The van der Waals surface area contributed by atoms with Crippen LogP contribution in [-0.4, -0.2) is 62.3 Å². The van der Waals surface area contributed by atoms with E-state index >= 15 is 0 Å². The first kappa shape index (κ1) is 17.9. The minimum absolute atomic E-state index is 0.0790. The second-order valence-corrected chi connectivity index (χ2v) is 7.69. The molecule has 0 spiro atoms. The average Bonchev–Trinajstić information content (AvgIpc) is 3.16. The lowest BCUT2D eigenvalue weighted by atomic mass is 9.97. The highest BCUT2D eigenvalue weighted by molar-refractivity contribution is 7.89. The number of nitrogens with zero attached hydrogens (tertiary/aromatic N) is 2. The molecular formula is C14H24N4O4S. The highest BCUT2D eigenvalue weighted by Crippen LogP contribution is 2.33. The van der Waals surface area contributed by atoms with Gasteiger partial charge in [-0.25, -0.2) is 17.9 Å². The summed E-state index contributed by atoms with van der Waals surface area (Å²) in [5, 5.41) is 5.81. The number of aromatic amines is 1. The molecule has 2 N–H and O–H groups in total. The highest BCUT2D eigenvalue weighted by atomic mass is 32.2. The van der Waals surface area contributed by atoms with Gasteiger partial charge in [0.2, 0.25) is 0 Å². The van der Waals surface area contributed by atoms with Crippen molar-refractivity contribution in [3.8, 4) is 0 Å². The molecular weight excluding hydrogens is 320 g/mol. The normalized spacial score (nSPS) is 17.6. The van der Waals surface area contributed by atoms with Crippen molar-refractivity contribution in [3.63, 3.8) is 0 Å². The molecule has 1 aromatic heterocycles. The van der Waals surface area contributed by atoms with Crippen molar-refractivity contribution in [2.45, 2.75) is 43.2 Å². The van der Waals surface area contributed by atoms with Crippen LogP contribution in [0, 0.1) is 0 Å². The van der Waals surface area contributed by atoms with Crippen LogP contribution in [0.4, 0.5) is 0 Å². The summed E-state index contributed by atoms with van der Waals surface area (Å²) in [5.74, 6) is -0.704. The fraction of sp³-hybridized carbons (Fsp3) is 0.714. The Kier molecular flexibility index (Phi) is 5.43. The van der Waals surface area contributed by atoms with Gasteiger partial charge in [0.15, 0.2) is 5.03 Å². The number of esters is 1. The maximum absolute atomic E-state index is 12.5. The molecule has 0 atom stereocenters. The van der Waals surface area contributed by atoms with Crippen LogP contribution >= 0.6 is 0 Å². The summed E-state index contributed by atoms with van der Waals surface area (Å²) in [6, 6.07) is 0. The topological polar surface area (TPSA) is 104 Å². The number of likely N-dealkylation sites (N-methyl/N-ethyl adjacent to an activating group) is 1. The van der Waals surface area contributed by atoms with Gasteiger partial charge in [-0.3, -0.25) is 5.10 Å². The lowest BCUT2D eigenvalue weighted by molar-refractivity contribution is 0.0522. The van der Waals surface area contributed by atoms with Crippen LogP contribution in [0.25, 0.3) is 0 Å². The van der Waals surface area contributed by atoms with Crippen molar-refractivity contribution in [1.29, 1.82) is 0 Å². The first-order valence-electron chi connectivity index (χ1n) is 7.70. The first-order valence-corrected chi connectivity index (χ1v) is 9.18. The molecule has 1 heterocycles. The van der Waals surface area contributed by atoms with E-state index in [0.717, 1.165) is 25.7 Å². The van der Waals surface area contributed by atoms with Gasteiger partial charge in [-0.2, -0.15) is 5.10 Å². The Hall–Kier alpha value is -1.45. The molecule has 8 nitrogen and oxygen atoms in total. The minimum Gasteiger partial charge on any atom is -0.462 e. The van der Waals surface area contributed by atoms with E-state index in [1.54, 1.807) is 6.92 Å². The van der Waals surface area contributed by atoms with E-state index in [2.05, 4.69) is 19.8 Å². The summed E-state index contributed by atoms with van der Waals surface area (Å²) in [5.41, 5.74) is -0.262. The van der Waals surface area contributed by atoms with E-state index in [-0.39, 0.29) is 22.7 Å². The number of rotatable bonds is 7. The molecule has 1 saturated carbocycles. The van der Waals surface area contributed by atoms with Crippen LogP contribution in [0.2, 0.25) is 0 Å². The summed E-state index contributed by atoms with van der Waals surface area (Å²) in [7, 11) is 0.0508. The third-order valence-corrected chi connectivity index (χ3v) is 5.82. The number of carbonyl (C=O) groups excluding carboxylic acids is 1. The van der Waals surface area contributed by atoms with E-state index in [1.165, 1.54) is 6.20 Å². The summed E-state index contributed by atoms with van der Waals surface area (Å²) in [4.78, 5) is 13.9. The molecule has 0 saturated heterocycles. The van der Waals surface area contributed by atoms with E-state index in [0.29, 0.717) is 6.54 Å². The van der Waals surface area contributed by atoms with Crippen LogP contribution in [0.3, 0.4) is 0 Å². The SMILES string of the molecule is CCOC(=O)c1cn[nH]c1S(=O)(=O)NCC1(N(C)C)CCCC1. The zero-order chi connectivity index (χ0) is 17.1. The van der Waals surface area contributed by atoms with Crippen LogP contribution in [0.5, 0.6) is 0 Å². The smallest absolute Gasteiger partial charge is 0.342 e. The molecule has 1 fully saturated rings. The lowest BCUT2D eigenvalue weighted by Gasteiger charge is -2.36. The Morgan fingerprint density at radius 2 is 2.09 bits per heavy atom. The fourth-order valence-corrected chi connectivity index (χ4v) is 4.15. The van der Waals surface area contributed by atoms with E-state index < -0.39 is 16.0 Å². The van der Waals surface area contributed by atoms with Gasteiger partial charge in [-0.15, -0.1) is 0 Å². The second kappa shape index (κ2) is 6.98. The first-order chi connectivity index (χ1) is 10.8. The van der Waals surface area contributed by atoms with Crippen LogP contribution in [0.1, 0.15) is 43.0 Å². The number of nitrogens with one attached hydrogen (secondary N) is 2. The largest absolute Gasteiger partial charge is 0.462 e. The van der Waals surface area contributed by atoms with E-state index in [1.807, 2.05) is 14.1 Å². The van der Waals surface area contributed by atoms with Crippen molar-refractivity contribution < 1.29 is 17.9 Å². The molecule has 0 unspecified atom stereocenters. The molecule has 0 aliphatic heterocycles. The zero-order valence-electron chi connectivity index (χ0n) is 13.8. The molecule has 9 heteroatoms. The molecule has 0 aromatic carbocycles. The molecule has 23 heavy (non-hydrogen) atoms. The molecule has 130 valence electrons. The van der Waals surface area contributed by atoms with Gasteiger partial charge >= 0.3 is 5.97 Å². The van der Waals surface area contributed by atoms with Gasteiger partial charge in [0, 0.05) is 12.1 Å². The fourth-order valence-electron chi connectivity index (χ4n) is 2.95. The predicted molar refractivity (Wildman–Crippen MR) is 84.6 cm³/mol. The summed E-state index contributed by atoms with van der Waals surface area (Å²) in [6.45, 7) is 2.12. The van der Waals surface area contributed by atoms with Gasteiger partial charge in [0.1, 0.15) is 5.56 Å². The van der Waals surface area contributed by atoms with Gasteiger partial charge in [0.25, 0.3) is 10.0 Å². The number of ether oxygens (including phenoxy) is 1. The third-order valence-electron chi connectivity index (χ3n) is 4.44. The summed E-state index contributed by atoms with van der Waals surface area (Å²) < 4.78 is 32.5. The predicted octanol–water partition coefficient (Wildman–Crippen LogP) is 0.739. The highest BCUT2D eigenvalue weighted by Gasteiger charge is 2.37. The molecule has 1 aliphatic rings. The molecule has 1 aromatic rings. The maximum atomic E-state index is 12.5. The van der Waals surface area contributed by atoms with Gasteiger partial charge in [-0.05, 0) is 33.9 Å². The Morgan fingerprint density at radius 3 is 2.65 bits per heavy atom. The second-order valence-electron chi connectivity index (χ2n) is 5.98. The Morgan fingerprint density at radius 1 is 1.43 bits per heavy atom. The summed E-state index contributed by atoms with van der Waals surface area (Å²) >= 11 is 0. The number of hydrogen-bond donors (Lipinski definition) is 2. The standard InChI is InChI=1S/C14H24N4O4S/c1-4-22-13(19)11-9-15-17-12(11)23(20,21)16-10-14(18(2)3)7-5-6-8-14/h9,16H,4-8,10H2,1-3H3,(H,15,17). The quantitative estimate of drug-likeness (QED) is 0.707. The molecule has 0 bridgehead atoms. The Labute approximate surface area is 136 Å². The molecule has 1 aliphatic carbocycles. The van der Waals surface area contributed by atoms with Crippen molar-refractivity contribution in [2.24, 2.45) is 0 Å². The Bertz CT molecular complexity index is 647. The molecule has 0 radical (unpaired) electrons. The molecule has 0 amide bonds. The zero-order valence-corrected chi connectivity index (χ0v) is 14.6. The summed E-state index contributed by atoms with van der Waals surface area (Å²) in [6.07, 6.45) is 5.21. The number of sulfonamides is 1. The maximum Gasteiger partial charge on any atom is 0.342 e. The van der Waals surface area contributed by atoms with Gasteiger partial charge < -0.3 is 9.64 Å². The number of hydrogen-bond acceptors (Lipinski definition) is 6. The lowest BCUT2D eigenvalue weighted by Crippen LogP contribution is -2.50. The van der Waals surface area contributed by atoms with Gasteiger partial charge in [-0.1, -0.05) is 12.8 Å². The number of aromatic nitrogens is 2. The van der Waals surface area contributed by atoms with Gasteiger partial charge in [0.05, 0.1) is 12.8 Å². The Balaban J connectivity index is 2.17. The van der Waals surface area contributed by atoms with Crippen molar-refractivity contribution >= 4 is 16.0 Å². The van der Waals surface area contributed by atoms with E-state index in [9.17, 15) is 13.2 Å². The number of H-pyrrole nitrogens is 1. The van der Waals surface area contributed by atoms with Crippen molar-refractivity contribution in [1.82, 2.24) is 19.8 Å². The van der Waals surface area contributed by atoms with Crippen LogP contribution in [-0.2, 0) is 14.8 Å². The van der Waals surface area contributed by atoms with E-state index in [4.69, 9.17) is 4.74 Å². The monoisotopic (exact) mass is 344 g/mol. The van der Waals surface area contributed by atoms with Crippen LogP contribution in [0.15, 0.2) is 11.2 Å². The average molecular weight is 344 g/mol. The van der Waals surface area contributed by atoms with Crippen molar-refractivity contribution in [3.05, 3.63) is 11.8 Å². The van der Waals surface area contributed by atoms with Crippen molar-refractivity contribution in [2.75, 3.05) is 27.2 Å². The number of carbonyl (C=O) groups is 1. The van der Waals surface area contributed by atoms with Crippen LogP contribution < -0.4 is 4.72 Å². The minimum atomic E-state index is -3.87.